The van der Waals surface area contributed by atoms with Crippen molar-refractivity contribution in [1.29, 1.82) is 0 Å². The number of methoxy groups -OCH3 is 2. The molecule has 0 amide bonds. The van der Waals surface area contributed by atoms with E-state index in [1.54, 1.807) is 0 Å². The molecule has 0 radical (unpaired) electrons. The van der Waals surface area contributed by atoms with Crippen LogP contribution >= 0.6 is 0 Å². The minimum atomic E-state index is -0.513. The molecule has 0 bridgehead atoms. The summed E-state index contributed by atoms with van der Waals surface area (Å²) in [5, 5.41) is 10.5. The maximum atomic E-state index is 11.8. The molecule has 0 atom stereocenters. The van der Waals surface area contributed by atoms with Crippen molar-refractivity contribution in [2.75, 3.05) is 14.2 Å². The molecule has 1 heterocycles. The van der Waals surface area contributed by atoms with Gasteiger partial charge in [0.05, 0.1) is 14.2 Å². The number of hydrogen-bond donors (Lipinski definition) is 1. The van der Waals surface area contributed by atoms with Gasteiger partial charge >= 0.3 is 11.9 Å². The average Bonchev–Trinajstić information content (AvgIpc) is 3.05. The highest BCUT2D eigenvalue weighted by atomic mass is 16.5. The number of rotatable bonds is 6. The first kappa shape index (κ1) is 21.5. The number of cyclic esters (lactones) is 1. The molecule has 1 aliphatic rings. The zero-order valence-electron chi connectivity index (χ0n) is 16.4. The van der Waals surface area contributed by atoms with Crippen molar-refractivity contribution in [1.82, 2.24) is 0 Å². The number of fused-ring (bicyclic) bond motifs is 1. The van der Waals surface area contributed by atoms with Crippen LogP contribution in [-0.2, 0) is 27.3 Å². The fourth-order valence-electron chi connectivity index (χ4n) is 2.81. The van der Waals surface area contributed by atoms with Crippen molar-refractivity contribution < 1.29 is 28.9 Å². The van der Waals surface area contributed by atoms with Gasteiger partial charge in [-0.1, -0.05) is 25.5 Å². The molecule has 26 heavy (non-hydrogen) atoms. The highest BCUT2D eigenvalue weighted by molar-refractivity contribution is 5.98. The molecule has 0 fully saturated rings. The number of hydrogen-bond acceptors (Lipinski definition) is 6. The summed E-state index contributed by atoms with van der Waals surface area (Å²) in [5.74, 6) is -0.311. The molecule has 1 N–H and O–H groups in total. The lowest BCUT2D eigenvalue weighted by molar-refractivity contribution is -0.140. The van der Waals surface area contributed by atoms with Crippen LogP contribution in [0.3, 0.4) is 0 Å². The Kier molecular flexibility index (Phi) is 8.16. The van der Waals surface area contributed by atoms with Crippen LogP contribution in [0.15, 0.2) is 11.6 Å². The second-order valence-corrected chi connectivity index (χ2v) is 5.75. The van der Waals surface area contributed by atoms with Gasteiger partial charge in [-0.15, -0.1) is 0 Å². The molecule has 1 aromatic carbocycles. The summed E-state index contributed by atoms with van der Waals surface area (Å²) in [4.78, 5) is 23.0. The number of phenolic OH excluding ortho intramolecular Hbond substituents is 1. The van der Waals surface area contributed by atoms with Crippen molar-refractivity contribution in [3.63, 3.8) is 0 Å². The Balaban J connectivity index is 0.00000163. The normalized spacial score (nSPS) is 12.7. The highest BCUT2D eigenvalue weighted by Crippen LogP contribution is 2.42. The summed E-state index contributed by atoms with van der Waals surface area (Å²) in [7, 11) is 2.89. The van der Waals surface area contributed by atoms with Crippen LogP contribution < -0.4 is 4.74 Å². The second-order valence-electron chi connectivity index (χ2n) is 5.75. The van der Waals surface area contributed by atoms with Crippen LogP contribution in [0.4, 0.5) is 0 Å². The Hall–Kier alpha value is -2.50. The molecular weight excluding hydrogens is 336 g/mol. The van der Waals surface area contributed by atoms with Gasteiger partial charge in [0.25, 0.3) is 0 Å². The highest BCUT2D eigenvalue weighted by Gasteiger charge is 2.31. The Labute approximate surface area is 154 Å². The van der Waals surface area contributed by atoms with E-state index in [0.29, 0.717) is 36.1 Å². The molecule has 2 rings (SSSR count). The summed E-state index contributed by atoms with van der Waals surface area (Å²) < 4.78 is 15.1. The minimum Gasteiger partial charge on any atom is -0.507 e. The van der Waals surface area contributed by atoms with E-state index in [-0.39, 0.29) is 23.9 Å². The number of allylic oxidation sites excluding steroid dienone is 2. The number of ether oxygens (including phenoxy) is 3. The molecule has 1 aromatic rings. The third-order valence-corrected chi connectivity index (χ3v) is 4.25. The molecule has 0 aromatic heterocycles. The summed E-state index contributed by atoms with van der Waals surface area (Å²) in [5.41, 5.74) is 3.23. The van der Waals surface area contributed by atoms with E-state index in [2.05, 4.69) is 4.74 Å². The maximum absolute atomic E-state index is 11.8. The third kappa shape index (κ3) is 4.56. The number of carbonyl (C=O) groups excluding carboxylic acids is 2. The van der Waals surface area contributed by atoms with Crippen LogP contribution in [0.1, 0.15) is 60.7 Å². The largest absolute Gasteiger partial charge is 0.507 e. The van der Waals surface area contributed by atoms with Crippen LogP contribution in [0.2, 0.25) is 0 Å². The lowest BCUT2D eigenvalue weighted by Gasteiger charge is -2.15. The monoisotopic (exact) mass is 364 g/mol. The first-order valence-electron chi connectivity index (χ1n) is 8.71. The number of phenols is 1. The second kappa shape index (κ2) is 9.85. The van der Waals surface area contributed by atoms with Crippen LogP contribution in [0.25, 0.3) is 0 Å². The van der Waals surface area contributed by atoms with Gasteiger partial charge in [0.15, 0.2) is 0 Å². The van der Waals surface area contributed by atoms with E-state index < -0.39 is 5.97 Å². The average molecular weight is 364 g/mol. The summed E-state index contributed by atoms with van der Waals surface area (Å²) in [6, 6.07) is 0. The number of aromatic hydroxyl groups is 1. The molecule has 144 valence electrons. The third-order valence-electron chi connectivity index (χ3n) is 4.25. The molecule has 0 saturated heterocycles. The predicted molar refractivity (Wildman–Crippen MR) is 98.6 cm³/mol. The Morgan fingerprint density at radius 2 is 1.92 bits per heavy atom. The van der Waals surface area contributed by atoms with Crippen molar-refractivity contribution >= 4 is 11.9 Å². The standard InChI is InChI=1S/C18H22O6.C2H6/c1-10(6-8-14(19)22-3)5-7-12-16(20)15-13(9-24-18(15)21)11(2)17(12)23-4;1-2/h5,20H,6-9H2,1-4H3;1-2H3/b10-5+;. The quantitative estimate of drug-likeness (QED) is 0.610. The molecule has 6 nitrogen and oxygen atoms in total. The minimum absolute atomic E-state index is 0.0908. The van der Waals surface area contributed by atoms with E-state index in [1.165, 1.54) is 14.2 Å². The molecule has 0 aliphatic carbocycles. The number of benzene rings is 1. The topological polar surface area (TPSA) is 82.1 Å². The fourth-order valence-corrected chi connectivity index (χ4v) is 2.81. The Morgan fingerprint density at radius 3 is 2.50 bits per heavy atom. The zero-order valence-corrected chi connectivity index (χ0v) is 16.4. The maximum Gasteiger partial charge on any atom is 0.342 e. The van der Waals surface area contributed by atoms with Gasteiger partial charge in [-0.05, 0) is 32.3 Å². The first-order chi connectivity index (χ1) is 12.4. The first-order valence-corrected chi connectivity index (χ1v) is 8.71. The lowest BCUT2D eigenvalue weighted by atomic mass is 9.94. The van der Waals surface area contributed by atoms with Gasteiger partial charge in [0, 0.05) is 17.5 Å². The van der Waals surface area contributed by atoms with Crippen LogP contribution in [-0.4, -0.2) is 31.3 Å². The van der Waals surface area contributed by atoms with Crippen molar-refractivity contribution in [2.45, 2.75) is 53.6 Å². The summed E-state index contributed by atoms with van der Waals surface area (Å²) in [6.07, 6.45) is 3.18. The predicted octanol–water partition coefficient (Wildman–Crippen LogP) is 3.85. The zero-order chi connectivity index (χ0) is 19.9. The van der Waals surface area contributed by atoms with Gasteiger partial charge in [0.1, 0.15) is 23.7 Å². The Bertz CT molecular complexity index is 703. The molecule has 0 spiro atoms. The van der Waals surface area contributed by atoms with E-state index in [1.807, 2.05) is 33.8 Å². The van der Waals surface area contributed by atoms with Gasteiger partial charge in [0.2, 0.25) is 0 Å². The fraction of sp³-hybridized carbons (Fsp3) is 0.500. The molecule has 6 heteroatoms. The van der Waals surface area contributed by atoms with Crippen LogP contribution in [0, 0.1) is 6.92 Å². The van der Waals surface area contributed by atoms with E-state index >= 15 is 0 Å². The molecule has 1 aliphatic heterocycles. The SMILES string of the molecule is CC.COC(=O)CC/C(C)=C/Cc1c(O)c2c(c(C)c1OC)COC2=O. The molecular formula is C20H28O6. The molecule has 0 saturated carbocycles. The Morgan fingerprint density at radius 1 is 1.27 bits per heavy atom. The van der Waals surface area contributed by atoms with Gasteiger partial charge in [-0.25, -0.2) is 4.79 Å². The smallest absolute Gasteiger partial charge is 0.342 e. The van der Waals surface area contributed by atoms with Crippen molar-refractivity contribution in [3.05, 3.63) is 33.9 Å². The number of esters is 2. The number of carbonyl (C=O) groups is 2. The van der Waals surface area contributed by atoms with Gasteiger partial charge in [-0.2, -0.15) is 0 Å². The van der Waals surface area contributed by atoms with E-state index in [0.717, 1.165) is 11.1 Å². The van der Waals surface area contributed by atoms with Crippen molar-refractivity contribution in [3.8, 4) is 11.5 Å². The van der Waals surface area contributed by atoms with E-state index in [4.69, 9.17) is 9.47 Å². The van der Waals surface area contributed by atoms with Gasteiger partial charge in [-0.3, -0.25) is 4.79 Å². The van der Waals surface area contributed by atoms with Crippen molar-refractivity contribution in [2.24, 2.45) is 0 Å². The van der Waals surface area contributed by atoms with Gasteiger partial charge < -0.3 is 19.3 Å². The molecule has 0 unspecified atom stereocenters. The van der Waals surface area contributed by atoms with Crippen LogP contribution in [0.5, 0.6) is 11.5 Å². The lowest BCUT2D eigenvalue weighted by Crippen LogP contribution is -2.03. The summed E-state index contributed by atoms with van der Waals surface area (Å²) >= 11 is 0. The van der Waals surface area contributed by atoms with E-state index in [9.17, 15) is 14.7 Å². The summed E-state index contributed by atoms with van der Waals surface area (Å²) in [6.45, 7) is 7.90.